The molecule has 0 saturated carbocycles. The largest absolute Gasteiger partial charge is 0.497 e. The zero-order valence-electron chi connectivity index (χ0n) is 8.86. The minimum atomic E-state index is 0.583. The zero-order valence-corrected chi connectivity index (χ0v) is 8.86. The third-order valence-electron chi connectivity index (χ3n) is 2.26. The molecule has 0 aliphatic carbocycles. The Balaban J connectivity index is 2.48. The van der Waals surface area contributed by atoms with Crippen LogP contribution >= 0.6 is 0 Å². The van der Waals surface area contributed by atoms with Gasteiger partial charge in [-0.1, -0.05) is 0 Å². The second-order valence-electron chi connectivity index (χ2n) is 3.34. The monoisotopic (exact) mass is 203 g/mol. The van der Waals surface area contributed by atoms with Crippen LogP contribution in [0, 0.1) is 0 Å². The lowest BCUT2D eigenvalue weighted by Gasteiger charge is -2.04. The fraction of sp³-hybridized carbons (Fsp3) is 0.250. The summed E-state index contributed by atoms with van der Waals surface area (Å²) in [5.74, 6) is 0.846. The van der Waals surface area contributed by atoms with Gasteiger partial charge < -0.3 is 9.47 Å². The van der Waals surface area contributed by atoms with Crippen molar-refractivity contribution in [3.05, 3.63) is 36.0 Å². The van der Waals surface area contributed by atoms with Gasteiger partial charge in [0.1, 0.15) is 5.75 Å². The molecule has 3 nitrogen and oxygen atoms in total. The predicted octanol–water partition coefficient (Wildman–Crippen LogP) is 2.39. The molecule has 0 fully saturated rings. The molecule has 2 rings (SSSR count). The molecule has 0 bridgehead atoms. The quantitative estimate of drug-likeness (QED) is 0.767. The van der Waals surface area contributed by atoms with Crippen molar-refractivity contribution in [1.82, 2.24) is 4.98 Å². The summed E-state index contributed by atoms with van der Waals surface area (Å²) in [4.78, 5) is 4.34. The van der Waals surface area contributed by atoms with Gasteiger partial charge in [0.25, 0.3) is 0 Å². The van der Waals surface area contributed by atoms with E-state index in [0.717, 1.165) is 22.2 Å². The maximum atomic E-state index is 5.16. The molecule has 3 heteroatoms. The maximum Gasteiger partial charge on any atom is 0.119 e. The highest BCUT2D eigenvalue weighted by atomic mass is 16.5. The van der Waals surface area contributed by atoms with Crippen LogP contribution in [-0.2, 0) is 11.3 Å². The van der Waals surface area contributed by atoms with E-state index in [9.17, 15) is 0 Å². The number of aromatic nitrogens is 1. The normalized spacial score (nSPS) is 10.5. The topological polar surface area (TPSA) is 31.4 Å². The van der Waals surface area contributed by atoms with Crippen molar-refractivity contribution >= 4 is 10.9 Å². The summed E-state index contributed by atoms with van der Waals surface area (Å²) in [6.45, 7) is 0.583. The first-order valence-electron chi connectivity index (χ1n) is 4.75. The molecule has 1 aromatic heterocycles. The first kappa shape index (κ1) is 9.93. The predicted molar refractivity (Wildman–Crippen MR) is 59.0 cm³/mol. The Morgan fingerprint density at radius 3 is 2.80 bits per heavy atom. The van der Waals surface area contributed by atoms with E-state index < -0.39 is 0 Å². The molecule has 0 atom stereocenters. The number of hydrogen-bond acceptors (Lipinski definition) is 3. The lowest BCUT2D eigenvalue weighted by molar-refractivity contribution is 0.184. The summed E-state index contributed by atoms with van der Waals surface area (Å²) >= 11 is 0. The number of benzene rings is 1. The molecule has 0 amide bonds. The van der Waals surface area contributed by atoms with E-state index in [0.29, 0.717) is 6.61 Å². The van der Waals surface area contributed by atoms with Crippen molar-refractivity contribution in [3.8, 4) is 5.75 Å². The first-order valence-corrected chi connectivity index (χ1v) is 4.75. The lowest BCUT2D eigenvalue weighted by Crippen LogP contribution is -1.90. The molecule has 0 aliphatic rings. The second kappa shape index (κ2) is 4.28. The van der Waals surface area contributed by atoms with Crippen LogP contribution in [0.3, 0.4) is 0 Å². The van der Waals surface area contributed by atoms with Crippen molar-refractivity contribution in [3.63, 3.8) is 0 Å². The molecule has 1 heterocycles. The minimum Gasteiger partial charge on any atom is -0.497 e. The van der Waals surface area contributed by atoms with Gasteiger partial charge in [0.2, 0.25) is 0 Å². The fourth-order valence-corrected chi connectivity index (χ4v) is 1.53. The average Bonchev–Trinajstić information content (AvgIpc) is 2.28. The summed E-state index contributed by atoms with van der Waals surface area (Å²) in [6.07, 6.45) is 1.83. The van der Waals surface area contributed by atoms with E-state index in [4.69, 9.17) is 9.47 Å². The van der Waals surface area contributed by atoms with E-state index >= 15 is 0 Å². The van der Waals surface area contributed by atoms with Gasteiger partial charge in [0, 0.05) is 18.7 Å². The van der Waals surface area contributed by atoms with Gasteiger partial charge in [-0.05, 0) is 29.8 Å². The number of hydrogen-bond donors (Lipinski definition) is 0. The minimum absolute atomic E-state index is 0.583. The highest BCUT2D eigenvalue weighted by molar-refractivity contribution is 5.80. The van der Waals surface area contributed by atoms with Crippen molar-refractivity contribution < 1.29 is 9.47 Å². The van der Waals surface area contributed by atoms with Gasteiger partial charge >= 0.3 is 0 Å². The Labute approximate surface area is 88.7 Å². The SMILES string of the molecule is COCc1cnc2ccc(OC)cc2c1. The molecule has 0 spiro atoms. The van der Waals surface area contributed by atoms with Crippen molar-refractivity contribution in [2.45, 2.75) is 6.61 Å². The van der Waals surface area contributed by atoms with Crippen molar-refractivity contribution in [1.29, 1.82) is 0 Å². The Morgan fingerprint density at radius 1 is 1.20 bits per heavy atom. The average molecular weight is 203 g/mol. The lowest BCUT2D eigenvalue weighted by atomic mass is 10.1. The summed E-state index contributed by atoms with van der Waals surface area (Å²) < 4.78 is 10.2. The Bertz CT molecular complexity index is 468. The maximum absolute atomic E-state index is 5.16. The van der Waals surface area contributed by atoms with E-state index in [1.807, 2.05) is 24.4 Å². The highest BCUT2D eigenvalue weighted by Crippen LogP contribution is 2.20. The number of pyridine rings is 1. The molecule has 0 aliphatic heterocycles. The summed E-state index contributed by atoms with van der Waals surface area (Å²) in [5, 5.41) is 1.07. The number of nitrogens with zero attached hydrogens (tertiary/aromatic N) is 1. The van der Waals surface area contributed by atoms with Crippen LogP contribution in [0.5, 0.6) is 5.75 Å². The molecule has 0 N–H and O–H groups in total. The Hall–Kier alpha value is -1.61. The summed E-state index contributed by atoms with van der Waals surface area (Å²) in [6, 6.07) is 7.89. The summed E-state index contributed by atoms with van der Waals surface area (Å²) in [7, 11) is 3.34. The zero-order chi connectivity index (χ0) is 10.7. The standard InChI is InChI=1S/C12H13NO2/c1-14-8-9-5-10-6-11(15-2)3-4-12(10)13-7-9/h3-7H,8H2,1-2H3. The van der Waals surface area contributed by atoms with E-state index in [-0.39, 0.29) is 0 Å². The number of fused-ring (bicyclic) bond motifs is 1. The van der Waals surface area contributed by atoms with Crippen LogP contribution in [0.1, 0.15) is 5.56 Å². The third-order valence-corrected chi connectivity index (χ3v) is 2.26. The van der Waals surface area contributed by atoms with Gasteiger partial charge in [-0.15, -0.1) is 0 Å². The first-order chi connectivity index (χ1) is 7.33. The molecular weight excluding hydrogens is 190 g/mol. The van der Waals surface area contributed by atoms with Crippen LogP contribution in [-0.4, -0.2) is 19.2 Å². The van der Waals surface area contributed by atoms with Gasteiger partial charge in [-0.3, -0.25) is 4.98 Å². The number of ether oxygens (including phenoxy) is 2. The van der Waals surface area contributed by atoms with Crippen LogP contribution < -0.4 is 4.74 Å². The van der Waals surface area contributed by atoms with Gasteiger partial charge in [-0.25, -0.2) is 0 Å². The van der Waals surface area contributed by atoms with Crippen molar-refractivity contribution in [2.75, 3.05) is 14.2 Å². The smallest absolute Gasteiger partial charge is 0.119 e. The van der Waals surface area contributed by atoms with Gasteiger partial charge in [0.15, 0.2) is 0 Å². The van der Waals surface area contributed by atoms with Crippen LogP contribution in [0.15, 0.2) is 30.5 Å². The third kappa shape index (κ3) is 2.07. The molecule has 0 radical (unpaired) electrons. The molecular formula is C12H13NO2. The number of rotatable bonds is 3. The van der Waals surface area contributed by atoms with E-state index in [2.05, 4.69) is 11.1 Å². The summed E-state index contributed by atoms with van der Waals surface area (Å²) in [5.41, 5.74) is 2.04. The Morgan fingerprint density at radius 2 is 2.07 bits per heavy atom. The van der Waals surface area contributed by atoms with Gasteiger partial charge in [-0.2, -0.15) is 0 Å². The molecule has 0 unspecified atom stereocenters. The van der Waals surface area contributed by atoms with E-state index in [1.165, 1.54) is 0 Å². The van der Waals surface area contributed by atoms with Crippen LogP contribution in [0.2, 0.25) is 0 Å². The van der Waals surface area contributed by atoms with Crippen molar-refractivity contribution in [2.24, 2.45) is 0 Å². The fourth-order valence-electron chi connectivity index (χ4n) is 1.53. The highest BCUT2D eigenvalue weighted by Gasteiger charge is 1.99. The number of methoxy groups -OCH3 is 2. The molecule has 78 valence electrons. The van der Waals surface area contributed by atoms with Crippen LogP contribution in [0.25, 0.3) is 10.9 Å². The van der Waals surface area contributed by atoms with Crippen LogP contribution in [0.4, 0.5) is 0 Å². The van der Waals surface area contributed by atoms with E-state index in [1.54, 1.807) is 14.2 Å². The Kier molecular flexibility index (Phi) is 2.83. The molecule has 0 saturated heterocycles. The molecule has 15 heavy (non-hydrogen) atoms. The second-order valence-corrected chi connectivity index (χ2v) is 3.34. The molecule has 2 aromatic rings. The van der Waals surface area contributed by atoms with Gasteiger partial charge in [0.05, 0.1) is 19.2 Å². The molecule has 1 aromatic carbocycles.